The summed E-state index contributed by atoms with van der Waals surface area (Å²) in [5, 5.41) is 13.0. The summed E-state index contributed by atoms with van der Waals surface area (Å²) in [5.41, 5.74) is 0.0278. The Morgan fingerprint density at radius 1 is 1.25 bits per heavy atom. The highest BCUT2D eigenvalue weighted by atomic mass is 35.5. The molecule has 0 aliphatic rings. The minimum absolute atomic E-state index is 0.00883. The first kappa shape index (κ1) is 15.1. The number of aromatic carboxylic acids is 1. The summed E-state index contributed by atoms with van der Waals surface area (Å²) in [5.74, 6) is -1.81. The van der Waals surface area contributed by atoms with Crippen LogP contribution in [0.4, 0.5) is 5.69 Å². The van der Waals surface area contributed by atoms with Crippen LogP contribution in [-0.2, 0) is 0 Å². The Labute approximate surface area is 132 Å². The molecule has 0 radical (unpaired) electrons. The first-order valence-electron chi connectivity index (χ1n) is 5.03. The highest BCUT2D eigenvalue weighted by Crippen LogP contribution is 2.32. The SMILES string of the molecule is O=C(Nc1ccsc1C(=O)O)c1ncc(Cl)c(Cl)c1Cl. The van der Waals surface area contributed by atoms with Crippen molar-refractivity contribution in [2.45, 2.75) is 0 Å². The van der Waals surface area contributed by atoms with Gasteiger partial charge in [0.15, 0.2) is 0 Å². The molecule has 0 unspecified atom stereocenters. The van der Waals surface area contributed by atoms with E-state index in [-0.39, 0.29) is 31.3 Å². The second kappa shape index (κ2) is 5.97. The zero-order chi connectivity index (χ0) is 14.9. The van der Waals surface area contributed by atoms with Gasteiger partial charge in [-0.05, 0) is 11.4 Å². The summed E-state index contributed by atoms with van der Waals surface area (Å²) in [4.78, 5) is 26.8. The molecule has 0 aromatic carbocycles. The molecule has 0 bridgehead atoms. The van der Waals surface area contributed by atoms with E-state index in [2.05, 4.69) is 10.3 Å². The zero-order valence-corrected chi connectivity index (χ0v) is 12.6. The van der Waals surface area contributed by atoms with E-state index in [4.69, 9.17) is 39.9 Å². The van der Waals surface area contributed by atoms with Crippen molar-refractivity contribution in [2.75, 3.05) is 5.32 Å². The lowest BCUT2D eigenvalue weighted by Crippen LogP contribution is -2.15. The van der Waals surface area contributed by atoms with Gasteiger partial charge in [0.2, 0.25) is 0 Å². The number of amides is 1. The zero-order valence-electron chi connectivity index (χ0n) is 9.49. The normalized spacial score (nSPS) is 10.3. The van der Waals surface area contributed by atoms with E-state index in [1.807, 2.05) is 0 Å². The minimum atomic E-state index is -1.14. The molecule has 0 spiro atoms. The fourth-order valence-corrected chi connectivity index (χ4v) is 2.61. The quantitative estimate of drug-likeness (QED) is 0.874. The molecule has 1 amide bonds. The van der Waals surface area contributed by atoms with Gasteiger partial charge in [0, 0.05) is 6.20 Å². The number of nitrogens with one attached hydrogen (secondary N) is 1. The van der Waals surface area contributed by atoms with E-state index < -0.39 is 11.9 Å². The summed E-state index contributed by atoms with van der Waals surface area (Å²) < 4.78 is 0. The number of halogens is 3. The molecule has 0 aliphatic heterocycles. The smallest absolute Gasteiger partial charge is 0.348 e. The molecule has 0 saturated carbocycles. The third kappa shape index (κ3) is 2.88. The summed E-state index contributed by atoms with van der Waals surface area (Å²) in [6.45, 7) is 0. The van der Waals surface area contributed by atoms with Crippen molar-refractivity contribution >= 4 is 63.7 Å². The molecular formula is C11H5Cl3N2O3S. The highest BCUT2D eigenvalue weighted by Gasteiger charge is 2.20. The van der Waals surface area contributed by atoms with Gasteiger partial charge in [0.05, 0.1) is 20.8 Å². The Balaban J connectivity index is 2.31. The Bertz CT molecular complexity index is 702. The number of hydrogen-bond acceptors (Lipinski definition) is 4. The maximum absolute atomic E-state index is 12.0. The number of rotatable bonds is 3. The van der Waals surface area contributed by atoms with E-state index in [0.717, 1.165) is 11.3 Å². The summed E-state index contributed by atoms with van der Waals surface area (Å²) >= 11 is 18.4. The molecule has 104 valence electrons. The van der Waals surface area contributed by atoms with Crippen LogP contribution in [0.2, 0.25) is 15.1 Å². The highest BCUT2D eigenvalue weighted by molar-refractivity contribution is 7.12. The lowest BCUT2D eigenvalue weighted by Gasteiger charge is -2.07. The van der Waals surface area contributed by atoms with Crippen LogP contribution in [0.15, 0.2) is 17.6 Å². The van der Waals surface area contributed by atoms with Crippen molar-refractivity contribution in [3.63, 3.8) is 0 Å². The average molecular weight is 352 g/mol. The molecule has 2 aromatic rings. The van der Waals surface area contributed by atoms with Crippen LogP contribution in [0.3, 0.4) is 0 Å². The molecular weight excluding hydrogens is 347 g/mol. The molecule has 0 atom stereocenters. The Kier molecular flexibility index (Phi) is 4.49. The molecule has 2 heterocycles. The van der Waals surface area contributed by atoms with Crippen LogP contribution < -0.4 is 5.32 Å². The van der Waals surface area contributed by atoms with Crippen molar-refractivity contribution in [1.29, 1.82) is 0 Å². The number of carboxylic acids is 1. The Morgan fingerprint density at radius 3 is 2.60 bits per heavy atom. The number of pyridine rings is 1. The van der Waals surface area contributed by atoms with Gasteiger partial charge in [-0.1, -0.05) is 34.8 Å². The molecule has 5 nitrogen and oxygen atoms in total. The maximum atomic E-state index is 12.0. The van der Waals surface area contributed by atoms with E-state index in [1.165, 1.54) is 12.3 Å². The minimum Gasteiger partial charge on any atom is -0.477 e. The number of carboxylic acid groups (broad SMARTS) is 1. The Hall–Kier alpha value is -1.34. The van der Waals surface area contributed by atoms with Crippen LogP contribution in [0.25, 0.3) is 0 Å². The van der Waals surface area contributed by atoms with Crippen molar-refractivity contribution in [1.82, 2.24) is 4.98 Å². The molecule has 20 heavy (non-hydrogen) atoms. The van der Waals surface area contributed by atoms with Crippen molar-refractivity contribution < 1.29 is 14.7 Å². The van der Waals surface area contributed by atoms with Gasteiger partial charge in [-0.25, -0.2) is 9.78 Å². The summed E-state index contributed by atoms with van der Waals surface area (Å²) in [6.07, 6.45) is 1.19. The predicted octanol–water partition coefficient (Wildman–Crippen LogP) is 4.05. The van der Waals surface area contributed by atoms with Crippen LogP contribution in [-0.4, -0.2) is 22.0 Å². The number of anilines is 1. The van der Waals surface area contributed by atoms with Crippen LogP contribution in [0, 0.1) is 0 Å². The molecule has 2 rings (SSSR count). The number of carbonyl (C=O) groups is 2. The van der Waals surface area contributed by atoms with Gasteiger partial charge >= 0.3 is 5.97 Å². The fraction of sp³-hybridized carbons (Fsp3) is 0. The van der Waals surface area contributed by atoms with E-state index in [1.54, 1.807) is 5.38 Å². The van der Waals surface area contributed by atoms with E-state index >= 15 is 0 Å². The lowest BCUT2D eigenvalue weighted by molar-refractivity contribution is 0.0703. The number of aromatic nitrogens is 1. The molecule has 2 aromatic heterocycles. The third-order valence-corrected chi connectivity index (χ3v) is 4.38. The second-order valence-electron chi connectivity index (χ2n) is 3.51. The van der Waals surface area contributed by atoms with Gasteiger partial charge in [0.1, 0.15) is 10.6 Å². The van der Waals surface area contributed by atoms with Crippen LogP contribution >= 0.6 is 46.1 Å². The number of thiophene rings is 1. The monoisotopic (exact) mass is 350 g/mol. The molecule has 9 heteroatoms. The molecule has 2 N–H and O–H groups in total. The third-order valence-electron chi connectivity index (χ3n) is 2.24. The van der Waals surface area contributed by atoms with Crippen LogP contribution in [0.1, 0.15) is 20.2 Å². The molecule has 0 aliphatic carbocycles. The predicted molar refractivity (Wildman–Crippen MR) is 78.5 cm³/mol. The number of nitrogens with zero attached hydrogens (tertiary/aromatic N) is 1. The fourth-order valence-electron chi connectivity index (χ4n) is 1.36. The Morgan fingerprint density at radius 2 is 1.95 bits per heavy atom. The lowest BCUT2D eigenvalue weighted by atomic mass is 10.3. The average Bonchev–Trinajstić information content (AvgIpc) is 2.84. The van der Waals surface area contributed by atoms with Crippen LogP contribution in [0.5, 0.6) is 0 Å². The van der Waals surface area contributed by atoms with Crippen molar-refractivity contribution in [3.05, 3.63) is 43.3 Å². The second-order valence-corrected chi connectivity index (χ2v) is 5.58. The number of hydrogen-bond donors (Lipinski definition) is 2. The van der Waals surface area contributed by atoms with Gasteiger partial charge in [0.25, 0.3) is 5.91 Å². The first-order chi connectivity index (χ1) is 9.41. The van der Waals surface area contributed by atoms with Crippen molar-refractivity contribution in [2.24, 2.45) is 0 Å². The summed E-state index contributed by atoms with van der Waals surface area (Å²) in [6, 6.07) is 1.47. The summed E-state index contributed by atoms with van der Waals surface area (Å²) in [7, 11) is 0. The van der Waals surface area contributed by atoms with Gasteiger partial charge in [-0.2, -0.15) is 0 Å². The molecule has 0 saturated heterocycles. The van der Waals surface area contributed by atoms with E-state index in [9.17, 15) is 9.59 Å². The van der Waals surface area contributed by atoms with Gasteiger partial charge < -0.3 is 10.4 Å². The maximum Gasteiger partial charge on any atom is 0.348 e. The topological polar surface area (TPSA) is 79.3 Å². The standard InChI is InChI=1S/C11H5Cl3N2O3S/c12-4-3-15-8(7(14)6(4)13)10(17)16-5-1-2-20-9(5)11(18)19/h1-3H,(H,16,17)(H,18,19). The van der Waals surface area contributed by atoms with Crippen molar-refractivity contribution in [3.8, 4) is 0 Å². The van der Waals surface area contributed by atoms with E-state index in [0.29, 0.717) is 0 Å². The largest absolute Gasteiger partial charge is 0.477 e. The van der Waals surface area contributed by atoms with Gasteiger partial charge in [-0.3, -0.25) is 4.79 Å². The van der Waals surface area contributed by atoms with Gasteiger partial charge in [-0.15, -0.1) is 11.3 Å². The molecule has 0 fully saturated rings. The first-order valence-corrected chi connectivity index (χ1v) is 7.04. The number of carbonyl (C=O) groups excluding carboxylic acids is 1.